The Balaban J connectivity index is 2.42. The summed E-state index contributed by atoms with van der Waals surface area (Å²) < 4.78 is 10.3. The number of hydrogen-bond acceptors (Lipinski definition) is 7. The van der Waals surface area contributed by atoms with E-state index in [9.17, 15) is 0 Å². The fourth-order valence-electron chi connectivity index (χ4n) is 1.68. The molecule has 0 aliphatic rings. The van der Waals surface area contributed by atoms with Crippen LogP contribution in [0.4, 0.5) is 11.6 Å². The highest BCUT2D eigenvalue weighted by Gasteiger charge is 2.04. The highest BCUT2D eigenvalue weighted by molar-refractivity contribution is 5.46. The van der Waals surface area contributed by atoms with E-state index in [1.807, 2.05) is 6.92 Å². The lowest BCUT2D eigenvalue weighted by Gasteiger charge is -2.09. The Morgan fingerprint density at radius 3 is 2.70 bits per heavy atom. The van der Waals surface area contributed by atoms with Gasteiger partial charge < -0.3 is 20.2 Å². The minimum Gasteiger partial charge on any atom is -0.385 e. The first-order valence-corrected chi connectivity index (χ1v) is 6.95. The molecule has 0 unspecified atom stereocenters. The zero-order chi connectivity index (χ0) is 14.6. The molecular formula is C13H25N5O2. The molecule has 114 valence electrons. The third-order valence-electron chi connectivity index (χ3n) is 2.69. The van der Waals surface area contributed by atoms with E-state index in [1.165, 1.54) is 0 Å². The summed E-state index contributed by atoms with van der Waals surface area (Å²) in [5.41, 5.74) is 2.54. The highest BCUT2D eigenvalue weighted by atomic mass is 16.5. The van der Waals surface area contributed by atoms with Gasteiger partial charge in [-0.2, -0.15) is 0 Å². The van der Waals surface area contributed by atoms with Gasteiger partial charge >= 0.3 is 0 Å². The second-order valence-electron chi connectivity index (χ2n) is 4.32. The number of methoxy groups -OCH3 is 1. The monoisotopic (exact) mass is 283 g/mol. The van der Waals surface area contributed by atoms with Crippen LogP contribution in [0.15, 0.2) is 6.07 Å². The Labute approximate surface area is 120 Å². The molecule has 0 aromatic carbocycles. The molecular weight excluding hydrogens is 258 g/mol. The van der Waals surface area contributed by atoms with Crippen molar-refractivity contribution in [2.75, 3.05) is 37.6 Å². The third-order valence-corrected chi connectivity index (χ3v) is 2.69. The van der Waals surface area contributed by atoms with E-state index in [4.69, 9.17) is 15.3 Å². The van der Waals surface area contributed by atoms with E-state index in [0.29, 0.717) is 24.9 Å². The number of ether oxygens (including phenoxy) is 2. The van der Waals surface area contributed by atoms with Crippen LogP contribution in [-0.4, -0.2) is 36.8 Å². The molecule has 1 aromatic rings. The lowest BCUT2D eigenvalue weighted by atomic mass is 10.2. The van der Waals surface area contributed by atoms with Crippen molar-refractivity contribution in [1.82, 2.24) is 9.97 Å². The summed E-state index contributed by atoms with van der Waals surface area (Å²) in [6.07, 6.45) is 3.27. The van der Waals surface area contributed by atoms with Gasteiger partial charge in [0.25, 0.3) is 0 Å². The van der Waals surface area contributed by atoms with Gasteiger partial charge in [-0.05, 0) is 26.2 Å². The van der Waals surface area contributed by atoms with Gasteiger partial charge in [-0.25, -0.2) is 15.8 Å². The summed E-state index contributed by atoms with van der Waals surface area (Å²) in [7, 11) is 1.72. The van der Waals surface area contributed by atoms with Crippen LogP contribution in [0.2, 0.25) is 0 Å². The molecule has 7 heteroatoms. The molecule has 7 nitrogen and oxygen atoms in total. The average molecular weight is 283 g/mol. The fraction of sp³-hybridized carbons (Fsp3) is 0.692. The normalized spacial score (nSPS) is 10.6. The van der Waals surface area contributed by atoms with Crippen molar-refractivity contribution in [2.24, 2.45) is 5.84 Å². The molecule has 0 amide bonds. The fourth-order valence-corrected chi connectivity index (χ4v) is 1.68. The lowest BCUT2D eigenvalue weighted by molar-refractivity contribution is 0.128. The van der Waals surface area contributed by atoms with Crippen LogP contribution in [0, 0.1) is 0 Å². The minimum atomic E-state index is 0.383. The van der Waals surface area contributed by atoms with E-state index in [0.717, 1.165) is 38.2 Å². The quantitative estimate of drug-likeness (QED) is 0.322. The number of hydrogen-bond donors (Lipinski definition) is 3. The van der Waals surface area contributed by atoms with Crippen molar-refractivity contribution in [3.8, 4) is 0 Å². The van der Waals surface area contributed by atoms with E-state index in [-0.39, 0.29) is 0 Å². The van der Waals surface area contributed by atoms with Gasteiger partial charge in [0.05, 0.1) is 0 Å². The first-order chi connectivity index (χ1) is 9.80. The molecule has 1 heterocycles. The second-order valence-corrected chi connectivity index (χ2v) is 4.32. The zero-order valence-corrected chi connectivity index (χ0v) is 12.3. The maximum Gasteiger partial charge on any atom is 0.158 e. The number of nitrogens with zero attached hydrogens (tertiary/aromatic N) is 2. The summed E-state index contributed by atoms with van der Waals surface area (Å²) in [5, 5.41) is 3.27. The third kappa shape index (κ3) is 6.65. The van der Waals surface area contributed by atoms with Gasteiger partial charge in [0.1, 0.15) is 18.2 Å². The molecule has 20 heavy (non-hydrogen) atoms. The number of hydrazine groups is 1. The van der Waals surface area contributed by atoms with Crippen molar-refractivity contribution < 1.29 is 9.47 Å². The van der Waals surface area contributed by atoms with Crippen molar-refractivity contribution in [2.45, 2.75) is 32.8 Å². The standard InChI is InChI=1S/C13H25N5O2/c1-3-20-10-13-16-11(9-12(17-13)18-14)15-7-5-4-6-8-19-2/h9H,3-8,10,14H2,1-2H3,(H2,15,16,17,18). The van der Waals surface area contributed by atoms with E-state index in [2.05, 4.69) is 20.7 Å². The smallest absolute Gasteiger partial charge is 0.158 e. The lowest BCUT2D eigenvalue weighted by Crippen LogP contribution is -2.13. The molecule has 0 saturated carbocycles. The van der Waals surface area contributed by atoms with E-state index >= 15 is 0 Å². The Kier molecular flexibility index (Phi) is 8.61. The number of aromatic nitrogens is 2. The van der Waals surface area contributed by atoms with Crippen molar-refractivity contribution in [3.05, 3.63) is 11.9 Å². The predicted octanol–water partition coefficient (Wildman–Crippen LogP) is 1.53. The number of anilines is 2. The Hall–Kier alpha value is -1.44. The number of unbranched alkanes of at least 4 members (excludes halogenated alkanes) is 2. The van der Waals surface area contributed by atoms with Gasteiger partial charge in [0, 0.05) is 32.9 Å². The van der Waals surface area contributed by atoms with Gasteiger partial charge in [0.2, 0.25) is 0 Å². The largest absolute Gasteiger partial charge is 0.385 e. The summed E-state index contributed by atoms with van der Waals surface area (Å²) >= 11 is 0. The number of nitrogen functional groups attached to an aromatic ring is 1. The molecule has 0 bridgehead atoms. The topological polar surface area (TPSA) is 94.3 Å². The van der Waals surface area contributed by atoms with Crippen LogP contribution in [-0.2, 0) is 16.1 Å². The zero-order valence-electron chi connectivity index (χ0n) is 12.3. The van der Waals surface area contributed by atoms with Crippen LogP contribution < -0.4 is 16.6 Å². The number of rotatable bonds is 11. The molecule has 0 atom stereocenters. The molecule has 0 saturated heterocycles. The first kappa shape index (κ1) is 16.6. The van der Waals surface area contributed by atoms with Crippen molar-refractivity contribution in [3.63, 3.8) is 0 Å². The maximum absolute atomic E-state index is 5.40. The number of nitrogens with two attached hydrogens (primary N) is 1. The maximum atomic E-state index is 5.40. The van der Waals surface area contributed by atoms with Gasteiger partial charge in [-0.1, -0.05) is 0 Å². The molecule has 0 spiro atoms. The van der Waals surface area contributed by atoms with Gasteiger partial charge in [0.15, 0.2) is 5.82 Å². The minimum absolute atomic E-state index is 0.383. The molecule has 1 aromatic heterocycles. The highest BCUT2D eigenvalue weighted by Crippen LogP contribution is 2.11. The second kappa shape index (κ2) is 10.4. The Morgan fingerprint density at radius 2 is 2.00 bits per heavy atom. The molecule has 0 fully saturated rings. The first-order valence-electron chi connectivity index (χ1n) is 6.95. The predicted molar refractivity (Wildman–Crippen MR) is 79.4 cm³/mol. The van der Waals surface area contributed by atoms with Crippen molar-refractivity contribution >= 4 is 11.6 Å². The summed E-state index contributed by atoms with van der Waals surface area (Å²) in [4.78, 5) is 8.61. The molecule has 1 rings (SSSR count). The SMILES string of the molecule is CCOCc1nc(NN)cc(NCCCCCOC)n1. The number of nitrogens with one attached hydrogen (secondary N) is 2. The summed E-state index contributed by atoms with van der Waals surface area (Å²) in [6, 6.07) is 1.78. The molecule has 4 N–H and O–H groups in total. The molecule has 0 aliphatic heterocycles. The summed E-state index contributed by atoms with van der Waals surface area (Å²) in [6.45, 7) is 4.62. The van der Waals surface area contributed by atoms with Crippen LogP contribution in [0.3, 0.4) is 0 Å². The van der Waals surface area contributed by atoms with Crippen LogP contribution >= 0.6 is 0 Å². The van der Waals surface area contributed by atoms with Gasteiger partial charge in [-0.15, -0.1) is 0 Å². The van der Waals surface area contributed by atoms with E-state index < -0.39 is 0 Å². The van der Waals surface area contributed by atoms with Crippen molar-refractivity contribution in [1.29, 1.82) is 0 Å². The Bertz CT molecular complexity index is 376. The molecule has 0 aliphatic carbocycles. The summed E-state index contributed by atoms with van der Waals surface area (Å²) in [5.74, 6) is 7.36. The van der Waals surface area contributed by atoms with Crippen LogP contribution in [0.1, 0.15) is 32.0 Å². The van der Waals surface area contributed by atoms with E-state index in [1.54, 1.807) is 13.2 Å². The average Bonchev–Trinajstić information content (AvgIpc) is 2.48. The van der Waals surface area contributed by atoms with Crippen LogP contribution in [0.5, 0.6) is 0 Å². The Morgan fingerprint density at radius 1 is 1.20 bits per heavy atom. The van der Waals surface area contributed by atoms with Gasteiger partial charge in [-0.3, -0.25) is 0 Å². The van der Waals surface area contributed by atoms with Crippen LogP contribution in [0.25, 0.3) is 0 Å². The molecule has 0 radical (unpaired) electrons.